The molecule has 6 nitrogen and oxygen atoms in total. The van der Waals surface area contributed by atoms with E-state index in [0.29, 0.717) is 19.5 Å². The maximum absolute atomic E-state index is 13.7. The molecule has 1 heterocycles. The van der Waals surface area contributed by atoms with Crippen LogP contribution in [0, 0.1) is 5.92 Å². The lowest BCUT2D eigenvalue weighted by Gasteiger charge is -2.29. The van der Waals surface area contributed by atoms with Gasteiger partial charge >= 0.3 is 12.2 Å². The monoisotopic (exact) mass is 550 g/mol. The number of fused-ring (bicyclic) bond motifs is 1. The molecule has 0 aliphatic carbocycles. The van der Waals surface area contributed by atoms with Gasteiger partial charge in [-0.25, -0.2) is 4.79 Å². The second-order valence-electron chi connectivity index (χ2n) is 10.2. The summed E-state index contributed by atoms with van der Waals surface area (Å²) in [6, 6.07) is 21.5. The molecule has 0 radical (unpaired) electrons. The van der Waals surface area contributed by atoms with Crippen LogP contribution in [0.5, 0.6) is 0 Å². The summed E-state index contributed by atoms with van der Waals surface area (Å²) in [5, 5.41) is 3.47. The van der Waals surface area contributed by atoms with E-state index in [1.807, 2.05) is 74.6 Å². The number of nitrogens with one attached hydrogen (secondary N) is 2. The average molecular weight is 551 g/mol. The van der Waals surface area contributed by atoms with Crippen molar-refractivity contribution < 1.29 is 22.8 Å². The van der Waals surface area contributed by atoms with Gasteiger partial charge in [0.2, 0.25) is 5.91 Å². The number of urea groups is 1. The van der Waals surface area contributed by atoms with E-state index < -0.39 is 17.8 Å². The minimum absolute atomic E-state index is 0.00907. The molecule has 3 aromatic carbocycles. The normalized spacial score (nSPS) is 11.6. The SMILES string of the molecule is CC(C)CN(CC(=O)N(CCc1c[nH]c2ccccc12)Cc1ccccc1)C(=O)Nc1ccccc1C(F)(F)F. The minimum atomic E-state index is -4.63. The van der Waals surface area contributed by atoms with Gasteiger partial charge in [-0.1, -0.05) is 74.5 Å². The van der Waals surface area contributed by atoms with Gasteiger partial charge in [0.1, 0.15) is 6.54 Å². The van der Waals surface area contributed by atoms with Crippen LogP contribution in [-0.2, 0) is 23.9 Å². The molecular weight excluding hydrogens is 517 g/mol. The molecule has 4 aromatic rings. The number of aromatic amines is 1. The summed E-state index contributed by atoms with van der Waals surface area (Å²) in [5.41, 5.74) is 1.73. The first-order valence-electron chi connectivity index (χ1n) is 13.2. The van der Waals surface area contributed by atoms with Crippen molar-refractivity contribution in [1.82, 2.24) is 14.8 Å². The van der Waals surface area contributed by atoms with Gasteiger partial charge in [0, 0.05) is 36.7 Å². The number of H-pyrrole nitrogens is 1. The van der Waals surface area contributed by atoms with Gasteiger partial charge in [0.25, 0.3) is 0 Å². The number of alkyl halides is 3. The molecule has 1 aromatic heterocycles. The number of benzene rings is 3. The van der Waals surface area contributed by atoms with Crippen molar-refractivity contribution in [3.63, 3.8) is 0 Å². The summed E-state index contributed by atoms with van der Waals surface area (Å²) in [4.78, 5) is 33.1. The smallest absolute Gasteiger partial charge is 0.361 e. The van der Waals surface area contributed by atoms with Crippen molar-refractivity contribution >= 4 is 28.5 Å². The van der Waals surface area contributed by atoms with Crippen LogP contribution >= 0.6 is 0 Å². The number of hydrogen-bond acceptors (Lipinski definition) is 2. The molecule has 4 rings (SSSR count). The molecule has 0 fully saturated rings. The van der Waals surface area contributed by atoms with Crippen LogP contribution in [0.3, 0.4) is 0 Å². The van der Waals surface area contributed by atoms with Crippen LogP contribution in [0.4, 0.5) is 23.7 Å². The molecule has 0 spiro atoms. The van der Waals surface area contributed by atoms with Gasteiger partial charge in [-0.05, 0) is 41.7 Å². The predicted molar refractivity (Wildman–Crippen MR) is 151 cm³/mol. The molecule has 0 aliphatic rings. The number of hydrogen-bond donors (Lipinski definition) is 2. The molecule has 0 atom stereocenters. The van der Waals surface area contributed by atoms with Gasteiger partial charge in [-0.15, -0.1) is 0 Å². The van der Waals surface area contributed by atoms with Gasteiger partial charge in [-0.2, -0.15) is 13.2 Å². The lowest BCUT2D eigenvalue weighted by atomic mass is 10.1. The Morgan fingerprint density at radius 2 is 1.57 bits per heavy atom. The Kier molecular flexibility index (Phi) is 9.14. The molecule has 210 valence electrons. The fraction of sp³-hybridized carbons (Fsp3) is 0.290. The van der Waals surface area contributed by atoms with Gasteiger partial charge in [-0.3, -0.25) is 4.79 Å². The van der Waals surface area contributed by atoms with E-state index in [1.54, 1.807) is 4.90 Å². The van der Waals surface area contributed by atoms with Crippen molar-refractivity contribution in [2.75, 3.05) is 25.0 Å². The number of aromatic nitrogens is 1. The highest BCUT2D eigenvalue weighted by molar-refractivity contribution is 5.93. The molecule has 3 amide bonds. The summed E-state index contributed by atoms with van der Waals surface area (Å²) in [6.45, 7) is 4.45. The molecule has 0 saturated heterocycles. The Morgan fingerprint density at radius 1 is 0.900 bits per heavy atom. The number of anilines is 1. The highest BCUT2D eigenvalue weighted by Gasteiger charge is 2.34. The summed E-state index contributed by atoms with van der Waals surface area (Å²) in [5.74, 6) is -0.297. The van der Waals surface area contributed by atoms with Crippen LogP contribution in [0.25, 0.3) is 10.9 Å². The van der Waals surface area contributed by atoms with Crippen LogP contribution in [0.1, 0.15) is 30.5 Å². The average Bonchev–Trinajstić information content (AvgIpc) is 3.33. The number of carbonyl (C=O) groups is 2. The zero-order valence-electron chi connectivity index (χ0n) is 22.5. The Hall–Kier alpha value is -4.27. The Balaban J connectivity index is 1.53. The number of para-hydroxylation sites is 2. The molecule has 0 saturated carbocycles. The summed E-state index contributed by atoms with van der Waals surface area (Å²) in [6.07, 6.45) is -2.10. The maximum atomic E-state index is 13.7. The minimum Gasteiger partial charge on any atom is -0.361 e. The van der Waals surface area contributed by atoms with Crippen LogP contribution < -0.4 is 5.32 Å². The predicted octanol–water partition coefficient (Wildman–Crippen LogP) is 6.95. The highest BCUT2D eigenvalue weighted by Crippen LogP contribution is 2.34. The second kappa shape index (κ2) is 12.7. The molecule has 40 heavy (non-hydrogen) atoms. The van der Waals surface area contributed by atoms with Crippen LogP contribution in [0.15, 0.2) is 85.1 Å². The van der Waals surface area contributed by atoms with Crippen LogP contribution in [0.2, 0.25) is 0 Å². The quantitative estimate of drug-likeness (QED) is 0.224. The van der Waals surface area contributed by atoms with Gasteiger partial charge in [0.05, 0.1) is 11.3 Å². The third kappa shape index (κ3) is 7.43. The number of carbonyl (C=O) groups excluding carboxylic acids is 2. The second-order valence-corrected chi connectivity index (χ2v) is 10.2. The van der Waals surface area contributed by atoms with Crippen LogP contribution in [-0.4, -0.2) is 46.4 Å². The first kappa shape index (κ1) is 28.7. The van der Waals surface area contributed by atoms with E-state index in [9.17, 15) is 22.8 Å². The zero-order chi connectivity index (χ0) is 28.7. The van der Waals surface area contributed by atoms with E-state index in [4.69, 9.17) is 0 Å². The van der Waals surface area contributed by atoms with Crippen molar-refractivity contribution in [1.29, 1.82) is 0 Å². The summed E-state index contributed by atoms with van der Waals surface area (Å²) < 4.78 is 40.5. The van der Waals surface area contributed by atoms with E-state index in [0.717, 1.165) is 28.1 Å². The standard InChI is InChI=1S/C31H33F3N4O2/c1-22(2)19-38(30(40)36-28-15-9-7-13-26(28)31(32,33)34)21-29(39)37(20-23-10-4-3-5-11-23)17-16-24-18-35-27-14-8-6-12-25(24)27/h3-15,18,22,35H,16-17,19-21H2,1-2H3,(H,36,40). The highest BCUT2D eigenvalue weighted by atomic mass is 19.4. The van der Waals surface area contributed by atoms with E-state index in [1.165, 1.54) is 23.1 Å². The summed E-state index contributed by atoms with van der Waals surface area (Å²) >= 11 is 0. The van der Waals surface area contributed by atoms with Gasteiger partial charge in [0.15, 0.2) is 0 Å². The molecule has 0 bridgehead atoms. The number of amides is 3. The fourth-order valence-electron chi connectivity index (χ4n) is 4.65. The Labute approximate surface area is 231 Å². The van der Waals surface area contributed by atoms with E-state index in [2.05, 4.69) is 10.3 Å². The first-order valence-corrected chi connectivity index (χ1v) is 13.2. The molecular formula is C31H33F3N4O2. The first-order chi connectivity index (χ1) is 19.1. The third-order valence-electron chi connectivity index (χ3n) is 6.57. The van der Waals surface area contributed by atoms with Crippen molar-refractivity contribution in [2.45, 2.75) is 33.0 Å². The number of nitrogens with zero attached hydrogens (tertiary/aromatic N) is 2. The molecule has 0 unspecified atom stereocenters. The van der Waals surface area contributed by atoms with E-state index in [-0.39, 0.29) is 30.6 Å². The lowest BCUT2D eigenvalue weighted by Crippen LogP contribution is -2.46. The number of halogens is 3. The third-order valence-corrected chi connectivity index (χ3v) is 6.57. The van der Waals surface area contributed by atoms with E-state index >= 15 is 0 Å². The zero-order valence-corrected chi connectivity index (χ0v) is 22.5. The summed E-state index contributed by atoms with van der Waals surface area (Å²) in [7, 11) is 0. The topological polar surface area (TPSA) is 68.4 Å². The molecule has 2 N–H and O–H groups in total. The molecule has 0 aliphatic heterocycles. The number of rotatable bonds is 10. The fourth-order valence-corrected chi connectivity index (χ4v) is 4.65. The van der Waals surface area contributed by atoms with Crippen molar-refractivity contribution in [2.24, 2.45) is 5.92 Å². The largest absolute Gasteiger partial charge is 0.418 e. The van der Waals surface area contributed by atoms with Crippen molar-refractivity contribution in [3.05, 3.63) is 102 Å². The van der Waals surface area contributed by atoms with Gasteiger partial charge < -0.3 is 20.1 Å². The molecule has 9 heteroatoms. The van der Waals surface area contributed by atoms with Crippen molar-refractivity contribution in [3.8, 4) is 0 Å². The maximum Gasteiger partial charge on any atom is 0.418 e. The Morgan fingerprint density at radius 3 is 2.30 bits per heavy atom. The Bertz CT molecular complexity index is 1430. The lowest BCUT2D eigenvalue weighted by molar-refractivity contribution is -0.137.